The molecule has 0 aromatic heterocycles. The summed E-state index contributed by atoms with van der Waals surface area (Å²) < 4.78 is 5.53. The number of carbonyl (C=O) groups is 1. The molecule has 0 saturated carbocycles. The molecular weight excluding hydrogens is 310 g/mol. The molecule has 1 aliphatic rings. The highest BCUT2D eigenvalue weighted by Crippen LogP contribution is 2.35. The molecule has 1 saturated heterocycles. The molecule has 0 bridgehead atoms. The van der Waals surface area contributed by atoms with Gasteiger partial charge in [0.2, 0.25) is 5.91 Å². The molecule has 2 aromatic rings. The van der Waals surface area contributed by atoms with Gasteiger partial charge >= 0.3 is 0 Å². The van der Waals surface area contributed by atoms with Gasteiger partial charge in [-0.1, -0.05) is 48.5 Å². The Labute approximate surface area is 150 Å². The van der Waals surface area contributed by atoms with Crippen molar-refractivity contribution in [2.45, 2.75) is 45.1 Å². The van der Waals surface area contributed by atoms with Gasteiger partial charge in [-0.25, -0.2) is 0 Å². The number of hydrogen-bond donors (Lipinski definition) is 1. The molecule has 3 rings (SSSR count). The second kappa shape index (κ2) is 7.40. The van der Waals surface area contributed by atoms with Crippen LogP contribution in [0, 0.1) is 13.8 Å². The first-order valence-corrected chi connectivity index (χ1v) is 9.04. The summed E-state index contributed by atoms with van der Waals surface area (Å²) in [5.41, 5.74) is 4.26. The molecule has 25 heavy (non-hydrogen) atoms. The fourth-order valence-electron chi connectivity index (χ4n) is 3.58. The van der Waals surface area contributed by atoms with Crippen molar-refractivity contribution in [3.05, 3.63) is 70.8 Å². The van der Waals surface area contributed by atoms with Crippen molar-refractivity contribution in [3.63, 3.8) is 0 Å². The van der Waals surface area contributed by atoms with E-state index in [-0.39, 0.29) is 11.9 Å². The topological polar surface area (TPSA) is 38.3 Å². The molecular formula is C22H27NO2. The Kier molecular flexibility index (Phi) is 5.24. The van der Waals surface area contributed by atoms with E-state index in [1.54, 1.807) is 0 Å². The van der Waals surface area contributed by atoms with Crippen molar-refractivity contribution in [3.8, 4) is 0 Å². The number of carbonyl (C=O) groups excluding carboxylic acids is 1. The lowest BCUT2D eigenvalue weighted by atomic mass is 9.73. The minimum Gasteiger partial charge on any atom is -0.381 e. The van der Waals surface area contributed by atoms with Gasteiger partial charge in [-0.15, -0.1) is 0 Å². The third kappa shape index (κ3) is 3.62. The summed E-state index contributed by atoms with van der Waals surface area (Å²) in [6.45, 7) is 7.52. The SMILES string of the molecule is Cc1ccc([C@H](C)NC(=O)C2(c3ccccc3)CCOCC2)cc1C. The maximum absolute atomic E-state index is 13.3. The van der Waals surface area contributed by atoms with Crippen LogP contribution in [-0.4, -0.2) is 19.1 Å². The Bertz CT molecular complexity index is 733. The van der Waals surface area contributed by atoms with Gasteiger partial charge in [-0.2, -0.15) is 0 Å². The molecule has 1 amide bonds. The average Bonchev–Trinajstić information content (AvgIpc) is 2.65. The van der Waals surface area contributed by atoms with Crippen molar-refractivity contribution in [2.24, 2.45) is 0 Å². The second-order valence-electron chi connectivity index (χ2n) is 7.10. The maximum atomic E-state index is 13.3. The van der Waals surface area contributed by atoms with E-state index in [0.29, 0.717) is 13.2 Å². The monoisotopic (exact) mass is 337 g/mol. The summed E-state index contributed by atoms with van der Waals surface area (Å²) >= 11 is 0. The second-order valence-corrected chi connectivity index (χ2v) is 7.10. The third-order valence-corrected chi connectivity index (χ3v) is 5.49. The molecule has 1 atom stereocenters. The van der Waals surface area contributed by atoms with E-state index in [2.05, 4.69) is 56.4 Å². The molecule has 0 spiro atoms. The minimum absolute atomic E-state index is 0.0183. The van der Waals surface area contributed by atoms with Gasteiger partial charge in [-0.05, 0) is 55.9 Å². The Hall–Kier alpha value is -2.13. The molecule has 0 aliphatic carbocycles. The number of nitrogens with one attached hydrogen (secondary N) is 1. The highest BCUT2D eigenvalue weighted by Gasteiger charge is 2.42. The maximum Gasteiger partial charge on any atom is 0.231 e. The molecule has 0 unspecified atom stereocenters. The van der Waals surface area contributed by atoms with Gasteiger partial charge in [0.1, 0.15) is 0 Å². The molecule has 1 aliphatic heterocycles. The number of aryl methyl sites for hydroxylation is 2. The molecule has 0 radical (unpaired) electrons. The van der Waals surface area contributed by atoms with Crippen LogP contribution < -0.4 is 5.32 Å². The lowest BCUT2D eigenvalue weighted by Crippen LogP contribution is -2.48. The summed E-state index contributed by atoms with van der Waals surface area (Å²) in [4.78, 5) is 13.3. The van der Waals surface area contributed by atoms with Crippen molar-refractivity contribution in [1.82, 2.24) is 5.32 Å². The van der Waals surface area contributed by atoms with Crippen LogP contribution in [0.1, 0.15) is 48.1 Å². The van der Waals surface area contributed by atoms with Gasteiger partial charge in [-0.3, -0.25) is 4.79 Å². The summed E-state index contributed by atoms with van der Waals surface area (Å²) in [7, 11) is 0. The summed E-state index contributed by atoms with van der Waals surface area (Å²) in [5, 5.41) is 3.26. The highest BCUT2D eigenvalue weighted by molar-refractivity contribution is 5.88. The van der Waals surface area contributed by atoms with Crippen LogP contribution in [0.15, 0.2) is 48.5 Å². The van der Waals surface area contributed by atoms with Crippen LogP contribution in [0.25, 0.3) is 0 Å². The third-order valence-electron chi connectivity index (χ3n) is 5.49. The number of amides is 1. The predicted molar refractivity (Wildman–Crippen MR) is 101 cm³/mol. The van der Waals surface area contributed by atoms with Gasteiger partial charge in [0.15, 0.2) is 0 Å². The molecule has 3 heteroatoms. The first kappa shape index (κ1) is 17.7. The first-order chi connectivity index (χ1) is 12.0. The van der Waals surface area contributed by atoms with Crippen LogP contribution in [-0.2, 0) is 14.9 Å². The van der Waals surface area contributed by atoms with Crippen LogP contribution >= 0.6 is 0 Å². The summed E-state index contributed by atoms with van der Waals surface area (Å²) in [6, 6.07) is 16.5. The number of rotatable bonds is 4. The van der Waals surface area contributed by atoms with Crippen molar-refractivity contribution < 1.29 is 9.53 Å². The van der Waals surface area contributed by atoms with E-state index in [1.165, 1.54) is 11.1 Å². The largest absolute Gasteiger partial charge is 0.381 e. The first-order valence-electron chi connectivity index (χ1n) is 9.04. The lowest BCUT2D eigenvalue weighted by Gasteiger charge is -2.37. The predicted octanol–water partition coefficient (Wildman–Crippen LogP) is 4.23. The fourth-order valence-corrected chi connectivity index (χ4v) is 3.58. The Morgan fingerprint density at radius 2 is 1.72 bits per heavy atom. The quantitative estimate of drug-likeness (QED) is 0.907. The number of hydrogen-bond acceptors (Lipinski definition) is 2. The van der Waals surface area contributed by atoms with E-state index in [0.717, 1.165) is 24.0 Å². The highest BCUT2D eigenvalue weighted by atomic mass is 16.5. The Morgan fingerprint density at radius 3 is 2.36 bits per heavy atom. The molecule has 1 heterocycles. The molecule has 132 valence electrons. The van der Waals surface area contributed by atoms with E-state index >= 15 is 0 Å². The summed E-state index contributed by atoms with van der Waals surface area (Å²) in [5.74, 6) is 0.104. The van der Waals surface area contributed by atoms with Crippen LogP contribution in [0.4, 0.5) is 0 Å². The molecule has 1 fully saturated rings. The number of ether oxygens (including phenoxy) is 1. The van der Waals surface area contributed by atoms with Gasteiger partial charge < -0.3 is 10.1 Å². The Morgan fingerprint density at radius 1 is 1.04 bits per heavy atom. The van der Waals surface area contributed by atoms with Crippen molar-refractivity contribution >= 4 is 5.91 Å². The fraction of sp³-hybridized carbons (Fsp3) is 0.409. The van der Waals surface area contributed by atoms with Crippen LogP contribution in [0.5, 0.6) is 0 Å². The molecule has 1 N–H and O–H groups in total. The summed E-state index contributed by atoms with van der Waals surface area (Å²) in [6.07, 6.45) is 1.45. The van der Waals surface area contributed by atoms with Crippen molar-refractivity contribution in [2.75, 3.05) is 13.2 Å². The Balaban J connectivity index is 1.84. The zero-order valence-corrected chi connectivity index (χ0v) is 15.3. The van der Waals surface area contributed by atoms with E-state index in [1.807, 2.05) is 18.2 Å². The lowest BCUT2D eigenvalue weighted by molar-refractivity contribution is -0.131. The van der Waals surface area contributed by atoms with E-state index in [9.17, 15) is 4.79 Å². The normalized spacial score (nSPS) is 17.7. The minimum atomic E-state index is -0.493. The van der Waals surface area contributed by atoms with Gasteiger partial charge in [0.25, 0.3) is 0 Å². The van der Waals surface area contributed by atoms with Crippen LogP contribution in [0.3, 0.4) is 0 Å². The van der Waals surface area contributed by atoms with Crippen LogP contribution in [0.2, 0.25) is 0 Å². The standard InChI is InChI=1S/C22H27NO2/c1-16-9-10-19(15-17(16)2)18(3)23-21(24)22(11-13-25-14-12-22)20-7-5-4-6-8-20/h4-10,15,18H,11-14H2,1-3H3,(H,23,24)/t18-/m0/s1. The van der Waals surface area contributed by atoms with Gasteiger partial charge in [0, 0.05) is 13.2 Å². The zero-order valence-electron chi connectivity index (χ0n) is 15.3. The van der Waals surface area contributed by atoms with E-state index in [4.69, 9.17) is 4.74 Å². The van der Waals surface area contributed by atoms with Gasteiger partial charge in [0.05, 0.1) is 11.5 Å². The number of benzene rings is 2. The van der Waals surface area contributed by atoms with Crippen molar-refractivity contribution in [1.29, 1.82) is 0 Å². The molecule has 3 nitrogen and oxygen atoms in total. The van der Waals surface area contributed by atoms with E-state index < -0.39 is 5.41 Å². The smallest absolute Gasteiger partial charge is 0.231 e. The zero-order chi connectivity index (χ0) is 17.9. The molecule has 2 aromatic carbocycles. The average molecular weight is 337 g/mol.